The van der Waals surface area contributed by atoms with Crippen molar-refractivity contribution >= 4 is 11.4 Å². The summed E-state index contributed by atoms with van der Waals surface area (Å²) < 4.78 is 0. The summed E-state index contributed by atoms with van der Waals surface area (Å²) in [5.74, 6) is 0. The fourth-order valence-electron chi connectivity index (χ4n) is 2.09. The molecule has 18 heavy (non-hydrogen) atoms. The molecule has 0 atom stereocenters. The molecule has 0 unspecified atom stereocenters. The van der Waals surface area contributed by atoms with Gasteiger partial charge in [-0.2, -0.15) is 0 Å². The second-order valence-corrected chi connectivity index (χ2v) is 6.07. The molecule has 0 aliphatic carbocycles. The Kier molecular flexibility index (Phi) is 4.54. The number of rotatable bonds is 6. The van der Waals surface area contributed by atoms with Crippen molar-refractivity contribution in [1.82, 2.24) is 0 Å². The molecule has 0 bridgehead atoms. The van der Waals surface area contributed by atoms with Crippen LogP contribution in [0.3, 0.4) is 0 Å². The molecule has 0 aliphatic rings. The van der Waals surface area contributed by atoms with Crippen LogP contribution in [0.15, 0.2) is 9.59 Å². The van der Waals surface area contributed by atoms with Crippen molar-refractivity contribution in [3.8, 4) is 0 Å². The Bertz CT molecular complexity index is 465. The molecule has 102 valence electrons. The molecule has 0 radical (unpaired) electrons. The van der Waals surface area contributed by atoms with E-state index in [1.807, 2.05) is 11.9 Å². The topological polar surface area (TPSA) is 49.4 Å². The van der Waals surface area contributed by atoms with Crippen molar-refractivity contribution in [3.63, 3.8) is 0 Å². The first-order valence-corrected chi connectivity index (χ1v) is 6.50. The van der Waals surface area contributed by atoms with E-state index in [0.29, 0.717) is 16.8 Å². The fraction of sp³-hybridized carbons (Fsp3) is 0.714. The highest BCUT2D eigenvalue weighted by Crippen LogP contribution is 2.23. The van der Waals surface area contributed by atoms with Gasteiger partial charge in [-0.15, -0.1) is 0 Å². The van der Waals surface area contributed by atoms with E-state index in [1.165, 1.54) is 6.42 Å². The van der Waals surface area contributed by atoms with Crippen LogP contribution in [0, 0.1) is 5.41 Å². The maximum absolute atomic E-state index is 11.5. The molecule has 1 aromatic rings. The van der Waals surface area contributed by atoms with Crippen LogP contribution in [-0.4, -0.2) is 20.6 Å². The molecule has 0 heterocycles. The molecule has 4 heteroatoms. The molecular weight excluding hydrogens is 228 g/mol. The first kappa shape index (κ1) is 14.7. The molecule has 1 rings (SSSR count). The van der Waals surface area contributed by atoms with Crippen molar-refractivity contribution in [1.29, 1.82) is 0 Å². The number of anilines is 2. The predicted molar refractivity (Wildman–Crippen MR) is 77.5 cm³/mol. The van der Waals surface area contributed by atoms with E-state index in [-0.39, 0.29) is 5.43 Å². The van der Waals surface area contributed by atoms with Gasteiger partial charge >= 0.3 is 0 Å². The second kappa shape index (κ2) is 5.55. The van der Waals surface area contributed by atoms with Crippen LogP contribution in [0.2, 0.25) is 0 Å². The first-order valence-electron chi connectivity index (χ1n) is 6.50. The van der Waals surface area contributed by atoms with Crippen LogP contribution in [-0.2, 0) is 0 Å². The molecule has 0 saturated carbocycles. The van der Waals surface area contributed by atoms with E-state index in [1.54, 1.807) is 7.05 Å². The third-order valence-corrected chi connectivity index (χ3v) is 3.19. The molecule has 4 nitrogen and oxygen atoms in total. The number of unbranched alkanes of at least 4 members (excludes halogenated alkanes) is 1. The smallest absolute Gasteiger partial charge is 0.253 e. The van der Waals surface area contributed by atoms with Gasteiger partial charge in [0.2, 0.25) is 0 Å². The van der Waals surface area contributed by atoms with Gasteiger partial charge in [0.05, 0.1) is 0 Å². The summed E-state index contributed by atoms with van der Waals surface area (Å²) in [5, 5.41) is 2.79. The van der Waals surface area contributed by atoms with Gasteiger partial charge in [0.1, 0.15) is 11.4 Å². The first-order chi connectivity index (χ1) is 8.28. The SMILES string of the molecule is CNc1c(N(C)CCCCC(C)(C)C)c(=O)c1=O. The van der Waals surface area contributed by atoms with Gasteiger partial charge < -0.3 is 10.2 Å². The van der Waals surface area contributed by atoms with E-state index in [0.717, 1.165) is 19.4 Å². The third-order valence-electron chi connectivity index (χ3n) is 3.19. The molecule has 1 aromatic carbocycles. The summed E-state index contributed by atoms with van der Waals surface area (Å²) in [7, 11) is 3.54. The van der Waals surface area contributed by atoms with Gasteiger partial charge in [0.15, 0.2) is 0 Å². The minimum atomic E-state index is -0.394. The minimum Gasteiger partial charge on any atom is -0.383 e. The Labute approximate surface area is 109 Å². The molecule has 0 amide bonds. The fourth-order valence-corrected chi connectivity index (χ4v) is 2.09. The molecule has 0 saturated heterocycles. The molecule has 0 spiro atoms. The summed E-state index contributed by atoms with van der Waals surface area (Å²) in [6, 6.07) is 0. The highest BCUT2D eigenvalue weighted by molar-refractivity contribution is 5.74. The number of hydrogen-bond donors (Lipinski definition) is 1. The molecule has 1 N–H and O–H groups in total. The highest BCUT2D eigenvalue weighted by Gasteiger charge is 2.22. The van der Waals surface area contributed by atoms with Crippen molar-refractivity contribution in [3.05, 3.63) is 20.4 Å². The predicted octanol–water partition coefficient (Wildman–Crippen LogP) is 1.98. The lowest BCUT2D eigenvalue weighted by atomic mass is 9.90. The van der Waals surface area contributed by atoms with Crippen molar-refractivity contribution < 1.29 is 0 Å². The maximum atomic E-state index is 11.5. The van der Waals surface area contributed by atoms with Gasteiger partial charge in [-0.3, -0.25) is 9.59 Å². The van der Waals surface area contributed by atoms with Crippen LogP contribution in [0.1, 0.15) is 40.0 Å². The number of hydrogen-bond acceptors (Lipinski definition) is 4. The standard InChI is InChI=1S/C14H24N2O2/c1-14(2,3)8-6-7-9-16(5)11-10(15-4)12(17)13(11)18/h15H,6-9H2,1-5H3. The van der Waals surface area contributed by atoms with Crippen molar-refractivity contribution in [2.24, 2.45) is 5.41 Å². The average Bonchev–Trinajstić information content (AvgIpc) is 2.28. The Balaban J connectivity index is 2.47. The molecular formula is C14H24N2O2. The summed E-state index contributed by atoms with van der Waals surface area (Å²) >= 11 is 0. The minimum absolute atomic E-state index is 0.357. The lowest BCUT2D eigenvalue weighted by Gasteiger charge is -2.24. The lowest BCUT2D eigenvalue weighted by Crippen LogP contribution is -2.41. The quantitative estimate of drug-likeness (QED) is 0.621. The van der Waals surface area contributed by atoms with E-state index < -0.39 is 5.43 Å². The third kappa shape index (κ3) is 3.34. The lowest BCUT2D eigenvalue weighted by molar-refractivity contribution is 0.361. The summed E-state index contributed by atoms with van der Waals surface area (Å²) in [5.41, 5.74) is 0.597. The normalized spacial score (nSPS) is 11.8. The summed E-state index contributed by atoms with van der Waals surface area (Å²) in [4.78, 5) is 24.6. The zero-order valence-corrected chi connectivity index (χ0v) is 12.1. The van der Waals surface area contributed by atoms with E-state index in [2.05, 4.69) is 26.1 Å². The Hall–Kier alpha value is -1.32. The van der Waals surface area contributed by atoms with Gasteiger partial charge in [0.25, 0.3) is 10.9 Å². The zero-order chi connectivity index (χ0) is 13.9. The monoisotopic (exact) mass is 252 g/mol. The van der Waals surface area contributed by atoms with E-state index in [9.17, 15) is 9.59 Å². The highest BCUT2D eigenvalue weighted by atomic mass is 16.2. The Morgan fingerprint density at radius 2 is 1.72 bits per heavy atom. The second-order valence-electron chi connectivity index (χ2n) is 6.07. The summed E-state index contributed by atoms with van der Waals surface area (Å²) in [6.07, 6.45) is 3.35. The summed E-state index contributed by atoms with van der Waals surface area (Å²) in [6.45, 7) is 7.50. The van der Waals surface area contributed by atoms with Crippen LogP contribution in [0.25, 0.3) is 0 Å². The van der Waals surface area contributed by atoms with Crippen molar-refractivity contribution in [2.75, 3.05) is 30.9 Å². The van der Waals surface area contributed by atoms with Gasteiger partial charge in [-0.25, -0.2) is 0 Å². The van der Waals surface area contributed by atoms with Crippen LogP contribution in [0.5, 0.6) is 0 Å². The van der Waals surface area contributed by atoms with Crippen LogP contribution < -0.4 is 21.1 Å². The van der Waals surface area contributed by atoms with E-state index in [4.69, 9.17) is 0 Å². The largest absolute Gasteiger partial charge is 0.383 e. The number of nitrogens with one attached hydrogen (secondary N) is 1. The van der Waals surface area contributed by atoms with Crippen LogP contribution in [0.4, 0.5) is 11.4 Å². The Morgan fingerprint density at radius 1 is 1.11 bits per heavy atom. The zero-order valence-electron chi connectivity index (χ0n) is 12.1. The van der Waals surface area contributed by atoms with Gasteiger partial charge in [-0.1, -0.05) is 27.2 Å². The molecule has 0 aromatic heterocycles. The van der Waals surface area contributed by atoms with Crippen LogP contribution >= 0.6 is 0 Å². The maximum Gasteiger partial charge on any atom is 0.253 e. The van der Waals surface area contributed by atoms with Gasteiger partial charge in [0, 0.05) is 20.6 Å². The van der Waals surface area contributed by atoms with Crippen molar-refractivity contribution in [2.45, 2.75) is 40.0 Å². The average molecular weight is 252 g/mol. The molecule has 0 aliphatic heterocycles. The molecule has 0 fully saturated rings. The van der Waals surface area contributed by atoms with Gasteiger partial charge in [-0.05, 0) is 18.3 Å². The Morgan fingerprint density at radius 3 is 2.22 bits per heavy atom. The number of nitrogens with zero attached hydrogens (tertiary/aromatic N) is 1. The van der Waals surface area contributed by atoms with E-state index >= 15 is 0 Å².